The van der Waals surface area contributed by atoms with Gasteiger partial charge in [0.15, 0.2) is 0 Å². The minimum atomic E-state index is -0.574. The molecule has 170 valence electrons. The van der Waals surface area contributed by atoms with Crippen molar-refractivity contribution in [2.45, 2.75) is 26.7 Å². The van der Waals surface area contributed by atoms with Gasteiger partial charge in [0.2, 0.25) is 0 Å². The molecule has 1 unspecified atom stereocenters. The summed E-state index contributed by atoms with van der Waals surface area (Å²) in [5.41, 5.74) is 4.44. The van der Waals surface area contributed by atoms with E-state index in [0.717, 1.165) is 35.6 Å². The van der Waals surface area contributed by atoms with Crippen molar-refractivity contribution in [1.82, 2.24) is 0 Å². The molecule has 6 heteroatoms. The van der Waals surface area contributed by atoms with Gasteiger partial charge in [-0.05, 0) is 61.1 Å². The van der Waals surface area contributed by atoms with E-state index in [1.54, 1.807) is 26.0 Å². The molecule has 1 aliphatic carbocycles. The van der Waals surface area contributed by atoms with Crippen LogP contribution in [0.4, 0.5) is 0 Å². The van der Waals surface area contributed by atoms with Gasteiger partial charge in [-0.15, -0.1) is 0 Å². The van der Waals surface area contributed by atoms with Gasteiger partial charge in [-0.3, -0.25) is 0 Å². The van der Waals surface area contributed by atoms with Crippen molar-refractivity contribution < 1.29 is 28.6 Å². The summed E-state index contributed by atoms with van der Waals surface area (Å²) in [7, 11) is 0. The van der Waals surface area contributed by atoms with Gasteiger partial charge in [-0.1, -0.05) is 37.9 Å². The highest BCUT2D eigenvalue weighted by molar-refractivity contribution is 5.90. The summed E-state index contributed by atoms with van der Waals surface area (Å²) in [6.07, 6.45) is 2.75. The molecule has 0 saturated heterocycles. The zero-order chi connectivity index (χ0) is 24.1. The van der Waals surface area contributed by atoms with E-state index >= 15 is 0 Å². The molecule has 0 radical (unpaired) electrons. The number of rotatable bonds is 8. The molecule has 33 heavy (non-hydrogen) atoms. The van der Waals surface area contributed by atoms with Crippen molar-refractivity contribution in [3.63, 3.8) is 0 Å². The molecular formula is C27H26O6. The SMILES string of the molecule is C=CC(=O)OCC1Cc2ccc(-c3cc(OC(=O)C(=C)C)cc(OC(=O)C(=C)C)c3)cc2C1. The third kappa shape index (κ3) is 6.07. The lowest BCUT2D eigenvalue weighted by atomic mass is 10.00. The topological polar surface area (TPSA) is 78.9 Å². The molecule has 2 aromatic carbocycles. The van der Waals surface area contributed by atoms with Crippen LogP contribution >= 0.6 is 0 Å². The van der Waals surface area contributed by atoms with Crippen molar-refractivity contribution >= 4 is 17.9 Å². The van der Waals surface area contributed by atoms with Gasteiger partial charge in [0.25, 0.3) is 0 Å². The summed E-state index contributed by atoms with van der Waals surface area (Å²) >= 11 is 0. The summed E-state index contributed by atoms with van der Waals surface area (Å²) in [6, 6.07) is 10.9. The summed E-state index contributed by atoms with van der Waals surface area (Å²) in [5, 5.41) is 0. The van der Waals surface area contributed by atoms with Crippen LogP contribution in [-0.2, 0) is 32.0 Å². The minimum absolute atomic E-state index is 0.203. The quantitative estimate of drug-likeness (QED) is 0.330. The number of benzene rings is 2. The van der Waals surface area contributed by atoms with Crippen molar-refractivity contribution in [2.24, 2.45) is 5.92 Å². The monoisotopic (exact) mass is 446 g/mol. The Bertz CT molecular complexity index is 1110. The average molecular weight is 446 g/mol. The molecule has 1 aliphatic rings. The lowest BCUT2D eigenvalue weighted by Crippen LogP contribution is -2.12. The number of fused-ring (bicyclic) bond motifs is 1. The van der Waals surface area contributed by atoms with E-state index in [0.29, 0.717) is 6.61 Å². The van der Waals surface area contributed by atoms with E-state index in [4.69, 9.17) is 14.2 Å². The normalized spacial score (nSPS) is 14.1. The first kappa shape index (κ1) is 23.7. The van der Waals surface area contributed by atoms with Crippen molar-refractivity contribution in [1.29, 1.82) is 0 Å². The fourth-order valence-corrected chi connectivity index (χ4v) is 3.51. The number of carbonyl (C=O) groups excluding carboxylic acids is 3. The van der Waals surface area contributed by atoms with Gasteiger partial charge >= 0.3 is 17.9 Å². The first-order valence-corrected chi connectivity index (χ1v) is 10.5. The van der Waals surface area contributed by atoms with E-state index in [9.17, 15) is 14.4 Å². The predicted octanol–water partition coefficient (Wildman–Crippen LogP) is 4.76. The Labute approximate surface area is 193 Å². The highest BCUT2D eigenvalue weighted by Crippen LogP contribution is 2.35. The predicted molar refractivity (Wildman–Crippen MR) is 125 cm³/mol. The van der Waals surface area contributed by atoms with Crippen LogP contribution in [0.15, 0.2) is 73.4 Å². The summed E-state index contributed by atoms with van der Waals surface area (Å²) < 4.78 is 16.0. The molecule has 0 amide bonds. The highest BCUT2D eigenvalue weighted by Gasteiger charge is 2.23. The van der Waals surface area contributed by atoms with Gasteiger partial charge in [0.1, 0.15) is 11.5 Å². The number of ether oxygens (including phenoxy) is 3. The molecule has 3 rings (SSSR count). The molecule has 0 heterocycles. The third-order valence-corrected chi connectivity index (χ3v) is 5.18. The molecule has 6 nitrogen and oxygen atoms in total. The average Bonchev–Trinajstić information content (AvgIpc) is 3.19. The standard InChI is InChI=1S/C27H26O6/c1-6-25(28)31-15-18-9-19-7-8-20(11-21(19)10-18)22-12-23(32-26(29)16(2)3)14-24(13-22)33-27(30)17(4)5/h6-8,11-14,18H,1-2,4,9-10,15H2,3,5H3. The highest BCUT2D eigenvalue weighted by atomic mass is 16.5. The van der Waals surface area contributed by atoms with Gasteiger partial charge < -0.3 is 14.2 Å². The molecule has 0 spiro atoms. The minimum Gasteiger partial charge on any atom is -0.462 e. The molecule has 0 aliphatic heterocycles. The maximum absolute atomic E-state index is 12.0. The molecular weight excluding hydrogens is 420 g/mol. The number of carbonyl (C=O) groups is 3. The molecule has 0 bridgehead atoms. The Hall–Kier alpha value is -3.93. The van der Waals surface area contributed by atoms with Gasteiger partial charge in [-0.25, -0.2) is 14.4 Å². The summed E-state index contributed by atoms with van der Waals surface area (Å²) in [6.45, 7) is 14.0. The first-order chi connectivity index (χ1) is 15.7. The number of hydrogen-bond acceptors (Lipinski definition) is 6. The second-order valence-electron chi connectivity index (χ2n) is 8.12. The molecule has 1 atom stereocenters. The van der Waals surface area contributed by atoms with Crippen molar-refractivity contribution in [3.05, 3.63) is 84.5 Å². The maximum atomic E-state index is 12.0. The van der Waals surface area contributed by atoms with Crippen molar-refractivity contribution in [2.75, 3.05) is 6.61 Å². The fraction of sp³-hybridized carbons (Fsp3) is 0.222. The molecule has 0 N–H and O–H groups in total. The van der Waals surface area contributed by atoms with Crippen LogP contribution < -0.4 is 9.47 Å². The third-order valence-electron chi connectivity index (χ3n) is 5.18. The zero-order valence-corrected chi connectivity index (χ0v) is 18.8. The van der Waals surface area contributed by atoms with E-state index in [-0.39, 0.29) is 28.6 Å². The maximum Gasteiger partial charge on any atom is 0.338 e. The fourth-order valence-electron chi connectivity index (χ4n) is 3.51. The van der Waals surface area contributed by atoms with Crippen LogP contribution in [0.2, 0.25) is 0 Å². The van der Waals surface area contributed by atoms with Gasteiger partial charge in [-0.2, -0.15) is 0 Å². The molecule has 0 fully saturated rings. The Morgan fingerprint density at radius 2 is 1.45 bits per heavy atom. The molecule has 2 aromatic rings. The largest absolute Gasteiger partial charge is 0.462 e. The Morgan fingerprint density at radius 1 is 0.879 bits per heavy atom. The summed E-state index contributed by atoms with van der Waals surface area (Å²) in [4.78, 5) is 35.4. The van der Waals surface area contributed by atoms with Crippen LogP contribution in [0.1, 0.15) is 25.0 Å². The van der Waals surface area contributed by atoms with Crippen LogP contribution in [0, 0.1) is 5.92 Å². The smallest absolute Gasteiger partial charge is 0.338 e. The van der Waals surface area contributed by atoms with Crippen LogP contribution in [0.25, 0.3) is 11.1 Å². The second kappa shape index (κ2) is 10.1. The van der Waals surface area contributed by atoms with Gasteiger partial charge in [0, 0.05) is 29.2 Å². The van der Waals surface area contributed by atoms with Crippen LogP contribution in [0.3, 0.4) is 0 Å². The van der Waals surface area contributed by atoms with E-state index in [1.807, 2.05) is 12.1 Å². The number of hydrogen-bond donors (Lipinski definition) is 0. The second-order valence-corrected chi connectivity index (χ2v) is 8.12. The van der Waals surface area contributed by atoms with Crippen molar-refractivity contribution in [3.8, 4) is 22.6 Å². The van der Waals surface area contributed by atoms with Crippen LogP contribution in [-0.4, -0.2) is 24.5 Å². The molecule has 0 saturated carbocycles. The van der Waals surface area contributed by atoms with Crippen LogP contribution in [0.5, 0.6) is 11.5 Å². The Kier molecular flexibility index (Phi) is 7.28. The van der Waals surface area contributed by atoms with E-state index in [1.165, 1.54) is 11.6 Å². The Morgan fingerprint density at radius 3 is 2.00 bits per heavy atom. The van der Waals surface area contributed by atoms with E-state index in [2.05, 4.69) is 25.8 Å². The van der Waals surface area contributed by atoms with Gasteiger partial charge in [0.05, 0.1) is 6.61 Å². The zero-order valence-electron chi connectivity index (χ0n) is 18.8. The Balaban J connectivity index is 1.89. The first-order valence-electron chi connectivity index (χ1n) is 10.5. The molecule has 0 aromatic heterocycles. The number of esters is 3. The lowest BCUT2D eigenvalue weighted by molar-refractivity contribution is -0.139. The lowest BCUT2D eigenvalue weighted by Gasteiger charge is -2.12. The van der Waals surface area contributed by atoms with E-state index < -0.39 is 17.9 Å². The summed E-state index contributed by atoms with van der Waals surface area (Å²) in [5.74, 6) is -0.900.